The number of aliphatic hydroxyl groups excluding tert-OH is 1. The molecule has 0 aliphatic carbocycles. The molecule has 0 saturated carbocycles. The maximum absolute atomic E-state index is 8.90. The van der Waals surface area contributed by atoms with E-state index in [2.05, 4.69) is 26.0 Å². The molecule has 0 unspecified atom stereocenters. The first-order valence-corrected chi connectivity index (χ1v) is 4.98. The molecule has 0 amide bonds. The quantitative estimate of drug-likeness (QED) is 0.811. The number of aryl methyl sites for hydroxylation is 2. The molecule has 0 saturated heterocycles. The van der Waals surface area contributed by atoms with Crippen molar-refractivity contribution in [3.8, 4) is 11.3 Å². The van der Waals surface area contributed by atoms with E-state index < -0.39 is 0 Å². The first-order valence-electron chi connectivity index (χ1n) is 4.98. The molecule has 0 atom stereocenters. The van der Waals surface area contributed by atoms with Crippen LogP contribution in [-0.4, -0.2) is 5.11 Å². The van der Waals surface area contributed by atoms with Crippen LogP contribution in [0.15, 0.2) is 34.7 Å². The minimum atomic E-state index is -0.0508. The first kappa shape index (κ1) is 9.99. The lowest BCUT2D eigenvalue weighted by molar-refractivity contribution is 0.248. The molecule has 0 fully saturated rings. The van der Waals surface area contributed by atoms with E-state index in [0.717, 1.165) is 11.3 Å². The highest BCUT2D eigenvalue weighted by Crippen LogP contribution is 2.24. The largest absolute Gasteiger partial charge is 0.459 e. The van der Waals surface area contributed by atoms with Gasteiger partial charge in [0.1, 0.15) is 18.1 Å². The summed E-state index contributed by atoms with van der Waals surface area (Å²) in [6.07, 6.45) is 0. The van der Waals surface area contributed by atoms with Crippen LogP contribution in [0, 0.1) is 13.8 Å². The molecule has 15 heavy (non-hydrogen) atoms. The van der Waals surface area contributed by atoms with Gasteiger partial charge in [-0.3, -0.25) is 0 Å². The Morgan fingerprint density at radius 2 is 1.87 bits per heavy atom. The number of hydrogen-bond acceptors (Lipinski definition) is 2. The van der Waals surface area contributed by atoms with Crippen molar-refractivity contribution in [3.63, 3.8) is 0 Å². The topological polar surface area (TPSA) is 33.4 Å². The van der Waals surface area contributed by atoms with Gasteiger partial charge in [0.05, 0.1) is 0 Å². The van der Waals surface area contributed by atoms with Gasteiger partial charge in [-0.15, -0.1) is 0 Å². The second kappa shape index (κ2) is 3.91. The Morgan fingerprint density at radius 1 is 1.07 bits per heavy atom. The molecule has 1 aromatic heterocycles. The van der Waals surface area contributed by atoms with Gasteiger partial charge < -0.3 is 9.52 Å². The molecule has 2 rings (SSSR count). The summed E-state index contributed by atoms with van der Waals surface area (Å²) in [5.74, 6) is 1.41. The average molecular weight is 202 g/mol. The van der Waals surface area contributed by atoms with E-state index >= 15 is 0 Å². The van der Waals surface area contributed by atoms with Crippen LogP contribution in [-0.2, 0) is 6.61 Å². The summed E-state index contributed by atoms with van der Waals surface area (Å²) in [7, 11) is 0. The molecule has 0 radical (unpaired) electrons. The highest BCUT2D eigenvalue weighted by Gasteiger charge is 2.04. The van der Waals surface area contributed by atoms with Gasteiger partial charge in [-0.2, -0.15) is 0 Å². The lowest BCUT2D eigenvalue weighted by Gasteiger charge is -2.02. The summed E-state index contributed by atoms with van der Waals surface area (Å²) in [5, 5.41) is 8.90. The van der Waals surface area contributed by atoms with Crippen molar-refractivity contribution >= 4 is 0 Å². The summed E-state index contributed by atoms with van der Waals surface area (Å²) in [5.41, 5.74) is 3.57. The summed E-state index contributed by atoms with van der Waals surface area (Å²) in [4.78, 5) is 0. The Morgan fingerprint density at radius 3 is 2.47 bits per heavy atom. The van der Waals surface area contributed by atoms with Gasteiger partial charge in [-0.25, -0.2) is 0 Å². The van der Waals surface area contributed by atoms with Gasteiger partial charge in [-0.1, -0.05) is 12.1 Å². The van der Waals surface area contributed by atoms with E-state index in [1.165, 1.54) is 11.1 Å². The molecule has 0 spiro atoms. The smallest absolute Gasteiger partial charge is 0.134 e. The van der Waals surface area contributed by atoms with Crippen molar-refractivity contribution in [1.82, 2.24) is 0 Å². The first-order chi connectivity index (χ1) is 7.20. The molecule has 2 nitrogen and oxygen atoms in total. The number of aliphatic hydroxyl groups is 1. The highest BCUT2D eigenvalue weighted by atomic mass is 16.4. The van der Waals surface area contributed by atoms with Crippen molar-refractivity contribution in [2.24, 2.45) is 0 Å². The van der Waals surface area contributed by atoms with Gasteiger partial charge >= 0.3 is 0 Å². The predicted molar refractivity (Wildman–Crippen MR) is 59.5 cm³/mol. The Balaban J connectivity index is 2.40. The third-order valence-corrected chi connectivity index (χ3v) is 2.61. The van der Waals surface area contributed by atoms with Crippen LogP contribution in [0.2, 0.25) is 0 Å². The van der Waals surface area contributed by atoms with Gasteiger partial charge in [0.25, 0.3) is 0 Å². The van der Waals surface area contributed by atoms with E-state index in [-0.39, 0.29) is 6.61 Å². The molecule has 0 bridgehead atoms. The Bertz CT molecular complexity index is 469. The average Bonchev–Trinajstić information content (AvgIpc) is 2.70. The normalized spacial score (nSPS) is 10.6. The summed E-state index contributed by atoms with van der Waals surface area (Å²) >= 11 is 0. The summed E-state index contributed by atoms with van der Waals surface area (Å²) in [6.45, 7) is 4.11. The maximum Gasteiger partial charge on any atom is 0.134 e. The third-order valence-electron chi connectivity index (χ3n) is 2.61. The second-order valence-electron chi connectivity index (χ2n) is 3.72. The van der Waals surface area contributed by atoms with Crippen LogP contribution in [0.1, 0.15) is 16.9 Å². The number of rotatable bonds is 2. The highest BCUT2D eigenvalue weighted by molar-refractivity contribution is 5.59. The molecule has 78 valence electrons. The fourth-order valence-corrected chi connectivity index (χ4v) is 1.51. The van der Waals surface area contributed by atoms with Crippen LogP contribution in [0.25, 0.3) is 11.3 Å². The molecule has 2 aromatic rings. The van der Waals surface area contributed by atoms with Crippen molar-refractivity contribution in [1.29, 1.82) is 0 Å². The Hall–Kier alpha value is -1.54. The predicted octanol–water partition coefficient (Wildman–Crippen LogP) is 3.06. The number of furan rings is 1. The molecule has 1 heterocycles. The summed E-state index contributed by atoms with van der Waals surface area (Å²) < 4.78 is 5.46. The number of benzene rings is 1. The van der Waals surface area contributed by atoms with Crippen molar-refractivity contribution in [3.05, 3.63) is 47.2 Å². The summed E-state index contributed by atoms with van der Waals surface area (Å²) in [6, 6.07) is 9.88. The maximum atomic E-state index is 8.90. The molecule has 1 N–H and O–H groups in total. The monoisotopic (exact) mass is 202 g/mol. The van der Waals surface area contributed by atoms with Crippen LogP contribution >= 0.6 is 0 Å². The van der Waals surface area contributed by atoms with Crippen LogP contribution in [0.4, 0.5) is 0 Å². The van der Waals surface area contributed by atoms with Crippen LogP contribution in [0.3, 0.4) is 0 Å². The van der Waals surface area contributed by atoms with Crippen molar-refractivity contribution < 1.29 is 9.52 Å². The Kier molecular flexibility index (Phi) is 2.60. The zero-order chi connectivity index (χ0) is 10.8. The molecule has 1 aromatic carbocycles. The van der Waals surface area contributed by atoms with E-state index in [1.54, 1.807) is 6.07 Å². The molecular weight excluding hydrogens is 188 g/mol. The minimum Gasteiger partial charge on any atom is -0.459 e. The molecule has 2 heteroatoms. The molecular formula is C13H14O2. The third kappa shape index (κ3) is 1.95. The van der Waals surface area contributed by atoms with E-state index in [4.69, 9.17) is 9.52 Å². The van der Waals surface area contributed by atoms with E-state index in [1.807, 2.05) is 12.1 Å². The van der Waals surface area contributed by atoms with Gasteiger partial charge in [0.15, 0.2) is 0 Å². The van der Waals surface area contributed by atoms with Gasteiger partial charge in [-0.05, 0) is 43.2 Å². The van der Waals surface area contributed by atoms with Crippen LogP contribution in [0.5, 0.6) is 0 Å². The zero-order valence-corrected chi connectivity index (χ0v) is 8.95. The zero-order valence-electron chi connectivity index (χ0n) is 8.95. The Labute approximate surface area is 89.2 Å². The van der Waals surface area contributed by atoms with Crippen molar-refractivity contribution in [2.45, 2.75) is 20.5 Å². The van der Waals surface area contributed by atoms with Gasteiger partial charge in [0, 0.05) is 5.56 Å². The van der Waals surface area contributed by atoms with E-state index in [0.29, 0.717) is 5.76 Å². The number of hydrogen-bond donors (Lipinski definition) is 1. The van der Waals surface area contributed by atoms with Gasteiger partial charge in [0.2, 0.25) is 0 Å². The minimum absolute atomic E-state index is 0.0508. The lowest BCUT2D eigenvalue weighted by atomic mass is 10.1. The second-order valence-corrected chi connectivity index (χ2v) is 3.72. The molecule has 0 aliphatic rings. The van der Waals surface area contributed by atoms with E-state index in [9.17, 15) is 0 Å². The van der Waals surface area contributed by atoms with Crippen LogP contribution < -0.4 is 0 Å². The fourth-order valence-electron chi connectivity index (χ4n) is 1.51. The standard InChI is InChI=1S/C13H14O2/c1-9-3-4-11(7-10(9)2)13-6-5-12(8-14)15-13/h3-7,14H,8H2,1-2H3. The molecule has 0 aliphatic heterocycles. The van der Waals surface area contributed by atoms with Crippen molar-refractivity contribution in [2.75, 3.05) is 0 Å². The lowest BCUT2D eigenvalue weighted by Crippen LogP contribution is -1.82. The SMILES string of the molecule is Cc1ccc(-c2ccc(CO)o2)cc1C. The fraction of sp³-hybridized carbons (Fsp3) is 0.231.